The molecular weight excluding hydrogens is 334 g/mol. The number of hydrogen-bond acceptors (Lipinski definition) is 6. The second-order valence-electron chi connectivity index (χ2n) is 6.15. The van der Waals surface area contributed by atoms with E-state index in [9.17, 15) is 9.59 Å². The summed E-state index contributed by atoms with van der Waals surface area (Å²) in [5, 5.41) is 0.720. The van der Waals surface area contributed by atoms with Gasteiger partial charge in [0.2, 0.25) is 0 Å². The van der Waals surface area contributed by atoms with Crippen molar-refractivity contribution in [2.24, 2.45) is 0 Å². The number of para-hydroxylation sites is 1. The molecule has 1 saturated heterocycles. The number of carbonyl (C=O) groups excluding carboxylic acids is 1. The number of nitrogens with zero attached hydrogens (tertiary/aromatic N) is 3. The molecule has 1 atom stereocenters. The molecule has 0 saturated carbocycles. The average molecular weight is 351 g/mol. The molecule has 7 heteroatoms. The topological polar surface area (TPSA) is 85.5 Å². The van der Waals surface area contributed by atoms with E-state index in [-0.39, 0.29) is 23.6 Å². The molecule has 1 aliphatic heterocycles. The molecule has 7 nitrogen and oxygen atoms in total. The number of carbonyl (C=O) groups is 1. The molecule has 0 bridgehead atoms. The van der Waals surface area contributed by atoms with Crippen molar-refractivity contribution in [2.45, 2.75) is 18.9 Å². The zero-order valence-electron chi connectivity index (χ0n) is 14.0. The molecule has 0 spiro atoms. The Morgan fingerprint density at radius 3 is 2.85 bits per heavy atom. The SMILES string of the molecule is O=C(c1cc2ccccc2oc1=O)N1CCCC(Oc2ncccn2)C1. The Balaban J connectivity index is 1.54. The van der Waals surface area contributed by atoms with Crippen LogP contribution in [0.5, 0.6) is 6.01 Å². The zero-order valence-corrected chi connectivity index (χ0v) is 14.0. The van der Waals surface area contributed by atoms with Gasteiger partial charge in [0.1, 0.15) is 17.3 Å². The van der Waals surface area contributed by atoms with Crippen molar-refractivity contribution in [1.29, 1.82) is 0 Å². The lowest BCUT2D eigenvalue weighted by Crippen LogP contribution is -2.45. The van der Waals surface area contributed by atoms with E-state index in [0.29, 0.717) is 18.7 Å². The third-order valence-electron chi connectivity index (χ3n) is 4.35. The van der Waals surface area contributed by atoms with E-state index in [2.05, 4.69) is 9.97 Å². The summed E-state index contributed by atoms with van der Waals surface area (Å²) in [6.07, 6.45) is 4.59. The van der Waals surface area contributed by atoms with Crippen molar-refractivity contribution >= 4 is 16.9 Å². The van der Waals surface area contributed by atoms with Crippen LogP contribution in [0.3, 0.4) is 0 Å². The fourth-order valence-corrected chi connectivity index (χ4v) is 3.10. The molecule has 4 rings (SSSR count). The summed E-state index contributed by atoms with van der Waals surface area (Å²) in [6.45, 7) is 0.948. The molecular formula is C19H17N3O4. The normalized spacial score (nSPS) is 17.2. The van der Waals surface area contributed by atoms with Crippen LogP contribution in [-0.4, -0.2) is 40.0 Å². The third kappa shape index (κ3) is 3.28. The second kappa shape index (κ2) is 6.95. The van der Waals surface area contributed by atoms with Gasteiger partial charge in [-0.15, -0.1) is 0 Å². The molecule has 1 aromatic carbocycles. The molecule has 0 N–H and O–H groups in total. The summed E-state index contributed by atoms with van der Waals surface area (Å²) in [5.41, 5.74) is -0.112. The maximum atomic E-state index is 12.8. The Kier molecular flexibility index (Phi) is 4.35. The number of fused-ring (bicyclic) bond motifs is 1. The fourth-order valence-electron chi connectivity index (χ4n) is 3.10. The van der Waals surface area contributed by atoms with Crippen LogP contribution in [0.2, 0.25) is 0 Å². The molecule has 3 heterocycles. The Morgan fingerprint density at radius 2 is 2.00 bits per heavy atom. The van der Waals surface area contributed by atoms with E-state index in [4.69, 9.17) is 9.15 Å². The minimum atomic E-state index is -0.622. The number of benzene rings is 1. The summed E-state index contributed by atoms with van der Waals surface area (Å²) < 4.78 is 11.0. The minimum absolute atomic E-state index is 0.0420. The lowest BCUT2D eigenvalue weighted by atomic mass is 10.1. The van der Waals surface area contributed by atoms with Gasteiger partial charge in [-0.25, -0.2) is 14.8 Å². The van der Waals surface area contributed by atoms with Crippen molar-refractivity contribution in [3.63, 3.8) is 0 Å². The third-order valence-corrected chi connectivity index (χ3v) is 4.35. The summed E-state index contributed by atoms with van der Waals surface area (Å²) in [4.78, 5) is 34.8. The molecule has 26 heavy (non-hydrogen) atoms. The van der Waals surface area contributed by atoms with Crippen LogP contribution in [0.1, 0.15) is 23.2 Å². The lowest BCUT2D eigenvalue weighted by Gasteiger charge is -2.32. The number of ether oxygens (including phenoxy) is 1. The van der Waals surface area contributed by atoms with Gasteiger partial charge in [0.15, 0.2) is 0 Å². The van der Waals surface area contributed by atoms with Crippen molar-refractivity contribution in [3.8, 4) is 6.01 Å². The highest BCUT2D eigenvalue weighted by molar-refractivity contribution is 5.96. The summed E-state index contributed by atoms with van der Waals surface area (Å²) in [7, 11) is 0. The van der Waals surface area contributed by atoms with Crippen molar-refractivity contribution in [3.05, 3.63) is 64.8 Å². The van der Waals surface area contributed by atoms with Crippen LogP contribution in [0.15, 0.2) is 58.0 Å². The van der Waals surface area contributed by atoms with Gasteiger partial charge in [-0.1, -0.05) is 18.2 Å². The Labute approximate surface area is 149 Å². The first kappa shape index (κ1) is 16.3. The lowest BCUT2D eigenvalue weighted by molar-refractivity contribution is 0.0512. The summed E-state index contributed by atoms with van der Waals surface area (Å²) in [5.74, 6) is -0.341. The first-order chi connectivity index (χ1) is 12.7. The zero-order chi connectivity index (χ0) is 17.9. The molecule has 1 unspecified atom stereocenters. The Morgan fingerprint density at radius 1 is 1.19 bits per heavy atom. The van der Waals surface area contributed by atoms with Crippen LogP contribution in [0.4, 0.5) is 0 Å². The number of aromatic nitrogens is 2. The molecule has 2 aromatic heterocycles. The predicted molar refractivity (Wildman–Crippen MR) is 94.1 cm³/mol. The van der Waals surface area contributed by atoms with Crippen LogP contribution in [0.25, 0.3) is 11.0 Å². The number of likely N-dealkylation sites (tertiary alicyclic amines) is 1. The number of rotatable bonds is 3. The largest absolute Gasteiger partial charge is 0.458 e. The summed E-state index contributed by atoms with van der Waals surface area (Å²) in [6, 6.07) is 10.7. The van der Waals surface area contributed by atoms with E-state index in [1.54, 1.807) is 41.6 Å². The standard InChI is InChI=1S/C19H17N3O4/c23-17(15-11-13-5-1-2-7-16(13)26-18(15)24)22-10-3-6-14(12-22)25-19-20-8-4-9-21-19/h1-2,4-5,7-9,11,14H,3,6,10,12H2. The van der Waals surface area contributed by atoms with Gasteiger partial charge in [-0.3, -0.25) is 4.79 Å². The smallest absolute Gasteiger partial charge is 0.349 e. The highest BCUT2D eigenvalue weighted by atomic mass is 16.5. The highest BCUT2D eigenvalue weighted by Gasteiger charge is 2.28. The maximum absolute atomic E-state index is 12.8. The molecule has 0 aliphatic carbocycles. The quantitative estimate of drug-likeness (QED) is 0.673. The number of hydrogen-bond donors (Lipinski definition) is 0. The summed E-state index contributed by atoms with van der Waals surface area (Å²) >= 11 is 0. The van der Waals surface area contributed by atoms with Crippen LogP contribution in [0, 0.1) is 0 Å². The van der Waals surface area contributed by atoms with E-state index in [0.717, 1.165) is 18.2 Å². The minimum Gasteiger partial charge on any atom is -0.458 e. The van der Waals surface area contributed by atoms with Crippen molar-refractivity contribution < 1.29 is 13.9 Å². The monoisotopic (exact) mass is 351 g/mol. The van der Waals surface area contributed by atoms with Crippen LogP contribution >= 0.6 is 0 Å². The highest BCUT2D eigenvalue weighted by Crippen LogP contribution is 2.18. The molecule has 0 radical (unpaired) electrons. The Hall–Kier alpha value is -3.22. The molecule has 1 aliphatic rings. The predicted octanol–water partition coefficient (Wildman–Crippen LogP) is 2.27. The van der Waals surface area contributed by atoms with Gasteiger partial charge in [0.25, 0.3) is 5.91 Å². The van der Waals surface area contributed by atoms with Gasteiger partial charge in [0, 0.05) is 24.3 Å². The van der Waals surface area contributed by atoms with E-state index < -0.39 is 5.63 Å². The number of piperidine rings is 1. The molecule has 1 fully saturated rings. The average Bonchev–Trinajstić information content (AvgIpc) is 2.68. The van der Waals surface area contributed by atoms with E-state index >= 15 is 0 Å². The van der Waals surface area contributed by atoms with Gasteiger partial charge in [-0.05, 0) is 31.0 Å². The first-order valence-electron chi connectivity index (χ1n) is 8.46. The maximum Gasteiger partial charge on any atom is 0.349 e. The fraction of sp³-hybridized carbons (Fsp3) is 0.263. The Bertz CT molecular complexity index is 987. The first-order valence-corrected chi connectivity index (χ1v) is 8.46. The van der Waals surface area contributed by atoms with Crippen molar-refractivity contribution in [2.75, 3.05) is 13.1 Å². The van der Waals surface area contributed by atoms with Gasteiger partial charge in [0.05, 0.1) is 6.54 Å². The second-order valence-corrected chi connectivity index (χ2v) is 6.15. The molecule has 132 valence electrons. The molecule has 3 aromatic rings. The van der Waals surface area contributed by atoms with Gasteiger partial charge < -0.3 is 14.1 Å². The van der Waals surface area contributed by atoms with Crippen LogP contribution < -0.4 is 10.4 Å². The van der Waals surface area contributed by atoms with E-state index in [1.807, 2.05) is 12.1 Å². The van der Waals surface area contributed by atoms with Gasteiger partial charge >= 0.3 is 11.6 Å². The van der Waals surface area contributed by atoms with Gasteiger partial charge in [-0.2, -0.15) is 0 Å². The molecule has 1 amide bonds. The van der Waals surface area contributed by atoms with Crippen LogP contribution in [-0.2, 0) is 0 Å². The number of amides is 1. The van der Waals surface area contributed by atoms with Crippen molar-refractivity contribution in [1.82, 2.24) is 14.9 Å². The van der Waals surface area contributed by atoms with E-state index in [1.165, 1.54) is 0 Å².